The molecule has 4 nitrogen and oxygen atoms in total. The van der Waals surface area contributed by atoms with E-state index in [9.17, 15) is 9.18 Å². The molecule has 0 fully saturated rings. The van der Waals surface area contributed by atoms with Crippen molar-refractivity contribution < 1.29 is 14.3 Å². The Morgan fingerprint density at radius 1 is 1.53 bits per heavy atom. The molecule has 0 aliphatic heterocycles. The lowest BCUT2D eigenvalue weighted by Crippen LogP contribution is -2.00. The highest BCUT2D eigenvalue weighted by atomic mass is 32.1. The van der Waals surface area contributed by atoms with Crippen LogP contribution in [0.5, 0.6) is 0 Å². The molecular weight excluding hydrogens is 243 g/mol. The summed E-state index contributed by atoms with van der Waals surface area (Å²) in [6.45, 7) is 1.63. The van der Waals surface area contributed by atoms with Crippen molar-refractivity contribution in [3.63, 3.8) is 0 Å². The van der Waals surface area contributed by atoms with Crippen LogP contribution < -0.4 is 5.73 Å². The first-order valence-electron chi connectivity index (χ1n) is 4.75. The summed E-state index contributed by atoms with van der Waals surface area (Å²) in [6.07, 6.45) is 0. The van der Waals surface area contributed by atoms with Crippen LogP contribution in [0.2, 0.25) is 0 Å². The number of halogens is 1. The molecule has 0 spiro atoms. The predicted molar refractivity (Wildman–Crippen MR) is 63.6 cm³/mol. The molecule has 0 aliphatic rings. The maximum absolute atomic E-state index is 13.8. The summed E-state index contributed by atoms with van der Waals surface area (Å²) >= 11 is 0.964. The van der Waals surface area contributed by atoms with Crippen LogP contribution in [0.1, 0.15) is 16.1 Å². The van der Waals surface area contributed by atoms with Gasteiger partial charge < -0.3 is 10.8 Å². The van der Waals surface area contributed by atoms with Gasteiger partial charge in [0.1, 0.15) is 15.8 Å². The molecular formula is C11H9FN2O2S. The summed E-state index contributed by atoms with van der Waals surface area (Å²) in [4.78, 5) is 14.6. The number of carboxylic acid groups (broad SMARTS) is 1. The van der Waals surface area contributed by atoms with Crippen LogP contribution in [0.15, 0.2) is 18.2 Å². The molecule has 0 aliphatic carbocycles. The number of hydrogen-bond acceptors (Lipinski definition) is 4. The number of nitrogens with zero attached hydrogens (tertiary/aromatic N) is 1. The molecule has 1 heterocycles. The van der Waals surface area contributed by atoms with Gasteiger partial charge in [-0.25, -0.2) is 14.2 Å². The molecule has 1 aromatic carbocycles. The van der Waals surface area contributed by atoms with E-state index in [0.717, 1.165) is 11.3 Å². The number of benzene rings is 1. The van der Waals surface area contributed by atoms with Crippen molar-refractivity contribution in [2.24, 2.45) is 0 Å². The van der Waals surface area contributed by atoms with Crippen molar-refractivity contribution >= 4 is 22.3 Å². The number of carboxylic acids is 1. The summed E-state index contributed by atoms with van der Waals surface area (Å²) in [5.74, 6) is -1.61. The van der Waals surface area contributed by atoms with Crippen LogP contribution in [0.4, 0.5) is 9.39 Å². The summed E-state index contributed by atoms with van der Waals surface area (Å²) < 4.78 is 13.8. The predicted octanol–water partition coefficient (Wildman–Crippen LogP) is 2.54. The Labute approximate surface area is 101 Å². The molecule has 0 radical (unpaired) electrons. The minimum absolute atomic E-state index is 0.0772. The Balaban J connectivity index is 2.58. The Morgan fingerprint density at radius 3 is 2.82 bits per heavy atom. The smallest absolute Gasteiger partial charge is 0.357 e. The first kappa shape index (κ1) is 11.5. The average molecular weight is 252 g/mol. The van der Waals surface area contributed by atoms with Crippen molar-refractivity contribution in [2.75, 3.05) is 5.73 Å². The van der Waals surface area contributed by atoms with Crippen LogP contribution in [0.25, 0.3) is 10.6 Å². The highest BCUT2D eigenvalue weighted by molar-refractivity contribution is 7.19. The van der Waals surface area contributed by atoms with Gasteiger partial charge in [0.15, 0.2) is 5.69 Å². The van der Waals surface area contributed by atoms with E-state index >= 15 is 0 Å². The van der Waals surface area contributed by atoms with Crippen molar-refractivity contribution in [1.82, 2.24) is 4.98 Å². The molecule has 6 heteroatoms. The fourth-order valence-corrected chi connectivity index (χ4v) is 2.26. The molecule has 3 N–H and O–H groups in total. The molecule has 1 aromatic heterocycles. The molecule has 0 amide bonds. The maximum Gasteiger partial charge on any atom is 0.357 e. The molecule has 0 saturated heterocycles. The van der Waals surface area contributed by atoms with Crippen LogP contribution in [-0.4, -0.2) is 16.1 Å². The number of hydrogen-bond donors (Lipinski definition) is 2. The third-order valence-electron chi connectivity index (χ3n) is 2.28. The van der Waals surface area contributed by atoms with Gasteiger partial charge in [-0.05, 0) is 18.6 Å². The summed E-state index contributed by atoms with van der Waals surface area (Å²) in [7, 11) is 0. The third-order valence-corrected chi connectivity index (χ3v) is 3.20. The molecule has 0 unspecified atom stereocenters. The number of rotatable bonds is 2. The number of aryl methyl sites for hydroxylation is 1. The van der Waals surface area contributed by atoms with E-state index in [0.29, 0.717) is 5.56 Å². The lowest BCUT2D eigenvalue weighted by atomic mass is 10.1. The topological polar surface area (TPSA) is 76.2 Å². The number of thiazole rings is 1. The quantitative estimate of drug-likeness (QED) is 0.861. The van der Waals surface area contributed by atoms with Gasteiger partial charge in [0.25, 0.3) is 0 Å². The van der Waals surface area contributed by atoms with Gasteiger partial charge in [-0.1, -0.05) is 23.5 Å². The zero-order valence-electron chi connectivity index (χ0n) is 8.90. The van der Waals surface area contributed by atoms with Gasteiger partial charge in [0, 0.05) is 5.56 Å². The Kier molecular flexibility index (Phi) is 2.81. The molecule has 0 bridgehead atoms. The fourth-order valence-electron chi connectivity index (χ4n) is 1.41. The second-order valence-electron chi connectivity index (χ2n) is 3.47. The number of aromatic carboxylic acids is 1. The van der Waals surface area contributed by atoms with Gasteiger partial charge in [0.05, 0.1) is 0 Å². The average Bonchev–Trinajstić information content (AvgIpc) is 2.64. The van der Waals surface area contributed by atoms with Crippen molar-refractivity contribution in [1.29, 1.82) is 0 Å². The number of aromatic nitrogens is 1. The monoisotopic (exact) mass is 252 g/mol. The number of nitrogen functional groups attached to an aromatic ring is 1. The van der Waals surface area contributed by atoms with Crippen LogP contribution in [-0.2, 0) is 0 Å². The summed E-state index contributed by atoms with van der Waals surface area (Å²) in [5.41, 5.74) is 6.04. The fraction of sp³-hybridized carbons (Fsp3) is 0.0909. The van der Waals surface area contributed by atoms with Crippen LogP contribution in [0.3, 0.4) is 0 Å². The second-order valence-corrected chi connectivity index (χ2v) is 4.50. The van der Waals surface area contributed by atoms with E-state index in [4.69, 9.17) is 10.8 Å². The molecule has 2 rings (SSSR count). The highest BCUT2D eigenvalue weighted by Gasteiger charge is 2.18. The van der Waals surface area contributed by atoms with E-state index in [1.165, 1.54) is 0 Å². The maximum atomic E-state index is 13.8. The lowest BCUT2D eigenvalue weighted by Gasteiger charge is -2.01. The molecule has 0 atom stereocenters. The van der Waals surface area contributed by atoms with Gasteiger partial charge >= 0.3 is 5.97 Å². The molecule has 17 heavy (non-hydrogen) atoms. The van der Waals surface area contributed by atoms with Gasteiger partial charge in [-0.3, -0.25) is 0 Å². The number of anilines is 1. The summed E-state index contributed by atoms with van der Waals surface area (Å²) in [5, 5.41) is 9.18. The summed E-state index contributed by atoms with van der Waals surface area (Å²) in [6, 6.07) is 4.87. The zero-order chi connectivity index (χ0) is 12.6. The Morgan fingerprint density at radius 2 is 2.24 bits per heavy atom. The van der Waals surface area contributed by atoms with E-state index in [2.05, 4.69) is 4.98 Å². The Hall–Kier alpha value is -1.95. The Bertz CT molecular complexity index is 595. The van der Waals surface area contributed by atoms with Gasteiger partial charge in [0.2, 0.25) is 0 Å². The first-order valence-corrected chi connectivity index (χ1v) is 5.57. The minimum atomic E-state index is -1.21. The zero-order valence-corrected chi connectivity index (χ0v) is 9.71. The largest absolute Gasteiger partial charge is 0.476 e. The molecule has 2 aromatic rings. The third kappa shape index (κ3) is 1.99. The van der Waals surface area contributed by atoms with Crippen LogP contribution in [0, 0.1) is 12.7 Å². The van der Waals surface area contributed by atoms with E-state index < -0.39 is 11.8 Å². The van der Waals surface area contributed by atoms with E-state index in [1.54, 1.807) is 25.1 Å². The lowest BCUT2D eigenvalue weighted by molar-refractivity contribution is 0.0692. The van der Waals surface area contributed by atoms with E-state index in [1.807, 2.05) is 0 Å². The molecule has 88 valence electrons. The van der Waals surface area contributed by atoms with Gasteiger partial charge in [-0.2, -0.15) is 0 Å². The van der Waals surface area contributed by atoms with Crippen molar-refractivity contribution in [3.8, 4) is 10.6 Å². The van der Waals surface area contributed by atoms with Gasteiger partial charge in [-0.15, -0.1) is 0 Å². The number of nitrogens with two attached hydrogens (primary N) is 1. The second kappa shape index (κ2) is 4.14. The minimum Gasteiger partial charge on any atom is -0.476 e. The van der Waals surface area contributed by atoms with Crippen molar-refractivity contribution in [2.45, 2.75) is 6.92 Å². The first-order chi connectivity index (χ1) is 8.00. The van der Waals surface area contributed by atoms with E-state index in [-0.39, 0.29) is 21.3 Å². The molecule has 0 saturated carbocycles. The van der Waals surface area contributed by atoms with Crippen molar-refractivity contribution in [3.05, 3.63) is 35.3 Å². The van der Waals surface area contributed by atoms with Crippen LogP contribution >= 0.6 is 11.3 Å². The highest BCUT2D eigenvalue weighted by Crippen LogP contribution is 2.32. The number of carbonyl (C=O) groups is 1. The SMILES string of the molecule is Cc1cccc(-c2nc(C(=O)O)c(N)s2)c1F. The standard InChI is InChI=1S/C11H9FN2O2S/c1-5-3-2-4-6(7(5)12)10-14-8(11(15)16)9(13)17-10/h2-4H,13H2,1H3,(H,15,16). The normalized spacial score (nSPS) is 10.5.